The number of nitrogen functional groups attached to an aromatic ring is 1. The highest BCUT2D eigenvalue weighted by atomic mass is 14.6. The fourth-order valence-electron chi connectivity index (χ4n) is 1.86. The number of benzene rings is 1. The maximum absolute atomic E-state index is 5.79. The summed E-state index contributed by atoms with van der Waals surface area (Å²) >= 11 is 0. The van der Waals surface area contributed by atoms with Crippen molar-refractivity contribution in [2.75, 3.05) is 5.73 Å². The largest absolute Gasteiger partial charge is 0.399 e. The van der Waals surface area contributed by atoms with Gasteiger partial charge in [-0.05, 0) is 30.5 Å². The van der Waals surface area contributed by atoms with E-state index in [0.29, 0.717) is 5.92 Å². The third-order valence-electron chi connectivity index (χ3n) is 2.77. The summed E-state index contributed by atoms with van der Waals surface area (Å²) in [6.45, 7) is 0. The van der Waals surface area contributed by atoms with Crippen molar-refractivity contribution in [3.8, 4) is 0 Å². The second kappa shape index (κ2) is 3.84. The second-order valence-electron chi connectivity index (χ2n) is 3.90. The Morgan fingerprint density at radius 3 is 2.29 bits per heavy atom. The van der Waals surface area contributed by atoms with Gasteiger partial charge in [-0.1, -0.05) is 24.3 Å². The number of anilines is 1. The summed E-state index contributed by atoms with van der Waals surface area (Å²) in [6, 6.07) is 8.36. The molecular formula is C12H16N2. The first kappa shape index (κ1) is 9.28. The smallest absolute Gasteiger partial charge is 0.0314 e. The van der Waals surface area contributed by atoms with E-state index in [2.05, 4.69) is 24.3 Å². The van der Waals surface area contributed by atoms with Crippen LogP contribution in [-0.2, 0) is 0 Å². The molecule has 0 heterocycles. The lowest BCUT2D eigenvalue weighted by atomic mass is 9.87. The maximum atomic E-state index is 5.79. The molecule has 2 unspecified atom stereocenters. The van der Waals surface area contributed by atoms with Crippen molar-refractivity contribution >= 4 is 5.69 Å². The molecule has 1 aliphatic rings. The van der Waals surface area contributed by atoms with Gasteiger partial charge in [0.2, 0.25) is 0 Å². The van der Waals surface area contributed by atoms with Gasteiger partial charge in [0.25, 0.3) is 0 Å². The molecule has 74 valence electrons. The topological polar surface area (TPSA) is 52.0 Å². The fourth-order valence-corrected chi connectivity index (χ4v) is 1.86. The molecule has 0 radical (unpaired) electrons. The quantitative estimate of drug-likeness (QED) is 0.523. The lowest BCUT2D eigenvalue weighted by molar-refractivity contribution is 0.595. The van der Waals surface area contributed by atoms with E-state index in [-0.39, 0.29) is 6.04 Å². The average molecular weight is 188 g/mol. The highest BCUT2D eigenvalue weighted by Crippen LogP contribution is 2.27. The molecule has 0 aliphatic heterocycles. The molecular weight excluding hydrogens is 172 g/mol. The molecule has 0 saturated carbocycles. The van der Waals surface area contributed by atoms with E-state index in [9.17, 15) is 0 Å². The minimum absolute atomic E-state index is 0.250. The molecule has 2 nitrogen and oxygen atoms in total. The van der Waals surface area contributed by atoms with Crippen LogP contribution in [0.15, 0.2) is 36.4 Å². The van der Waals surface area contributed by atoms with Gasteiger partial charge in [-0.2, -0.15) is 0 Å². The molecule has 2 rings (SSSR count). The first-order valence-corrected chi connectivity index (χ1v) is 5.05. The van der Waals surface area contributed by atoms with Crippen LogP contribution in [0.5, 0.6) is 0 Å². The summed E-state index contributed by atoms with van der Waals surface area (Å²) in [6.07, 6.45) is 6.53. The van der Waals surface area contributed by atoms with Crippen molar-refractivity contribution in [2.24, 2.45) is 5.73 Å². The molecule has 1 aromatic rings. The van der Waals surface area contributed by atoms with E-state index in [0.717, 1.165) is 18.5 Å². The summed E-state index contributed by atoms with van der Waals surface area (Å²) in [4.78, 5) is 0. The van der Waals surface area contributed by atoms with Crippen LogP contribution < -0.4 is 11.5 Å². The summed E-state index contributed by atoms with van der Waals surface area (Å²) in [5, 5.41) is 0. The summed E-state index contributed by atoms with van der Waals surface area (Å²) in [5.74, 6) is 0.524. The molecule has 0 bridgehead atoms. The predicted octanol–water partition coefficient (Wildman–Crippen LogP) is 2.03. The third-order valence-corrected chi connectivity index (χ3v) is 2.77. The van der Waals surface area contributed by atoms with Gasteiger partial charge in [0.1, 0.15) is 0 Å². The second-order valence-corrected chi connectivity index (χ2v) is 3.90. The Labute approximate surface area is 84.6 Å². The van der Waals surface area contributed by atoms with Crippen molar-refractivity contribution in [3.63, 3.8) is 0 Å². The van der Waals surface area contributed by atoms with Crippen molar-refractivity contribution in [1.82, 2.24) is 0 Å². The van der Waals surface area contributed by atoms with Crippen LogP contribution in [0.2, 0.25) is 0 Å². The maximum Gasteiger partial charge on any atom is 0.0314 e. The van der Waals surface area contributed by atoms with E-state index < -0.39 is 0 Å². The monoisotopic (exact) mass is 188 g/mol. The molecule has 14 heavy (non-hydrogen) atoms. The number of rotatable bonds is 1. The van der Waals surface area contributed by atoms with Crippen LogP contribution in [0.3, 0.4) is 0 Å². The van der Waals surface area contributed by atoms with Crippen LogP contribution >= 0.6 is 0 Å². The van der Waals surface area contributed by atoms with E-state index >= 15 is 0 Å². The molecule has 2 atom stereocenters. The van der Waals surface area contributed by atoms with Gasteiger partial charge >= 0.3 is 0 Å². The third kappa shape index (κ3) is 1.96. The minimum atomic E-state index is 0.250. The molecule has 0 saturated heterocycles. The van der Waals surface area contributed by atoms with Gasteiger partial charge in [0.05, 0.1) is 0 Å². The zero-order chi connectivity index (χ0) is 9.97. The van der Waals surface area contributed by atoms with Gasteiger partial charge in [0.15, 0.2) is 0 Å². The van der Waals surface area contributed by atoms with Crippen LogP contribution in [0.4, 0.5) is 5.69 Å². The first-order chi connectivity index (χ1) is 6.75. The highest BCUT2D eigenvalue weighted by Gasteiger charge is 2.14. The molecule has 1 aliphatic carbocycles. The summed E-state index contributed by atoms with van der Waals surface area (Å²) in [7, 11) is 0. The Morgan fingerprint density at radius 2 is 1.71 bits per heavy atom. The summed E-state index contributed by atoms with van der Waals surface area (Å²) < 4.78 is 0. The predicted molar refractivity (Wildman–Crippen MR) is 59.9 cm³/mol. The van der Waals surface area contributed by atoms with Crippen LogP contribution in [0.25, 0.3) is 0 Å². The van der Waals surface area contributed by atoms with Gasteiger partial charge in [-0.3, -0.25) is 0 Å². The van der Waals surface area contributed by atoms with E-state index in [4.69, 9.17) is 11.5 Å². The fraction of sp³-hybridized carbons (Fsp3) is 0.333. The zero-order valence-corrected chi connectivity index (χ0v) is 8.19. The number of hydrogen-bond acceptors (Lipinski definition) is 2. The van der Waals surface area contributed by atoms with Crippen molar-refractivity contribution in [1.29, 1.82) is 0 Å². The lowest BCUT2D eigenvalue weighted by Crippen LogP contribution is -2.21. The first-order valence-electron chi connectivity index (χ1n) is 5.05. The Kier molecular flexibility index (Phi) is 2.55. The molecule has 4 N–H and O–H groups in total. The Balaban J connectivity index is 2.16. The molecule has 1 aromatic carbocycles. The molecule has 0 amide bonds. The van der Waals surface area contributed by atoms with Crippen LogP contribution in [0, 0.1) is 0 Å². The lowest BCUT2D eigenvalue weighted by Gasteiger charge is -2.20. The van der Waals surface area contributed by atoms with Crippen molar-refractivity contribution < 1.29 is 0 Å². The SMILES string of the molecule is Nc1ccc(C2C=CC(N)CC2)cc1. The van der Waals surface area contributed by atoms with Gasteiger partial charge in [-0.15, -0.1) is 0 Å². The van der Waals surface area contributed by atoms with Gasteiger partial charge in [0, 0.05) is 17.6 Å². The van der Waals surface area contributed by atoms with Crippen molar-refractivity contribution in [2.45, 2.75) is 24.8 Å². The standard InChI is InChI=1S/C12H16N2/c13-11-5-1-9(2-6-11)10-3-7-12(14)8-4-10/h1-3,5-7,10,12H,4,8,13-14H2. The molecule has 0 aromatic heterocycles. The van der Waals surface area contributed by atoms with E-state index in [1.165, 1.54) is 5.56 Å². The molecule has 2 heteroatoms. The molecule has 0 fully saturated rings. The van der Waals surface area contributed by atoms with Crippen molar-refractivity contribution in [3.05, 3.63) is 42.0 Å². The van der Waals surface area contributed by atoms with Gasteiger partial charge < -0.3 is 11.5 Å². The van der Waals surface area contributed by atoms with Crippen LogP contribution in [-0.4, -0.2) is 6.04 Å². The van der Waals surface area contributed by atoms with Crippen LogP contribution in [0.1, 0.15) is 24.3 Å². The Morgan fingerprint density at radius 1 is 1.00 bits per heavy atom. The Hall–Kier alpha value is -1.28. The average Bonchev–Trinajstić information content (AvgIpc) is 2.21. The summed E-state index contributed by atoms with van der Waals surface area (Å²) in [5.41, 5.74) is 13.6. The minimum Gasteiger partial charge on any atom is -0.399 e. The van der Waals surface area contributed by atoms with Gasteiger partial charge in [-0.25, -0.2) is 0 Å². The van der Waals surface area contributed by atoms with E-state index in [1.807, 2.05) is 12.1 Å². The molecule has 0 spiro atoms. The Bertz CT molecular complexity index is 327. The normalized spacial score (nSPS) is 26.4. The zero-order valence-electron chi connectivity index (χ0n) is 8.19. The number of nitrogens with two attached hydrogens (primary N) is 2. The van der Waals surface area contributed by atoms with E-state index in [1.54, 1.807) is 0 Å². The highest BCUT2D eigenvalue weighted by molar-refractivity contribution is 5.41. The number of hydrogen-bond donors (Lipinski definition) is 2. The number of allylic oxidation sites excluding steroid dienone is 1.